The third kappa shape index (κ3) is 1.64. The minimum atomic E-state index is 0.632. The second-order valence-electron chi connectivity index (χ2n) is 5.45. The minimum absolute atomic E-state index is 0.632. The summed E-state index contributed by atoms with van der Waals surface area (Å²) < 4.78 is 7.53. The summed E-state index contributed by atoms with van der Waals surface area (Å²) in [6.45, 7) is 4.44. The lowest BCUT2D eigenvalue weighted by molar-refractivity contribution is 0.505. The molecule has 1 aliphatic rings. The lowest BCUT2D eigenvalue weighted by Gasteiger charge is -2.09. The summed E-state index contributed by atoms with van der Waals surface area (Å²) in [5, 5.41) is 5.90. The van der Waals surface area contributed by atoms with Gasteiger partial charge in [0.05, 0.1) is 17.7 Å². The summed E-state index contributed by atoms with van der Waals surface area (Å²) in [6, 6.07) is 2.01. The fourth-order valence-corrected chi connectivity index (χ4v) is 3.80. The normalized spacial score (nSPS) is 14.1. The molecule has 0 aromatic carbocycles. The van der Waals surface area contributed by atoms with Crippen molar-refractivity contribution in [1.29, 1.82) is 0 Å². The van der Waals surface area contributed by atoms with E-state index in [4.69, 9.17) is 14.5 Å². The van der Waals surface area contributed by atoms with Crippen molar-refractivity contribution in [2.24, 2.45) is 5.92 Å². The topological polar surface area (TPSA) is 43.3 Å². The van der Waals surface area contributed by atoms with Gasteiger partial charge in [0.2, 0.25) is 4.96 Å². The van der Waals surface area contributed by atoms with E-state index in [1.54, 1.807) is 17.6 Å². The van der Waals surface area contributed by atoms with Crippen LogP contribution in [-0.4, -0.2) is 14.6 Å². The van der Waals surface area contributed by atoms with Crippen LogP contribution in [0.2, 0.25) is 0 Å². The van der Waals surface area contributed by atoms with Gasteiger partial charge in [-0.1, -0.05) is 25.2 Å². The Morgan fingerprint density at radius 2 is 2.32 bits per heavy atom. The Bertz CT molecular complexity index is 750. The Hall–Kier alpha value is -1.62. The number of imidazole rings is 1. The minimum Gasteiger partial charge on any atom is -0.469 e. The lowest BCUT2D eigenvalue weighted by Crippen LogP contribution is -2.05. The Morgan fingerprint density at radius 1 is 1.42 bits per heavy atom. The van der Waals surface area contributed by atoms with Gasteiger partial charge < -0.3 is 4.42 Å². The third-order valence-electron chi connectivity index (χ3n) is 3.51. The first-order valence-corrected chi connectivity index (χ1v) is 7.48. The summed E-state index contributed by atoms with van der Waals surface area (Å²) in [5.41, 5.74) is 3.43. The fourth-order valence-electron chi connectivity index (χ4n) is 2.68. The SMILES string of the molecule is CC(C)Cc1nn2c3c(nc2s1)-c1ccoc1CC3. The van der Waals surface area contributed by atoms with Gasteiger partial charge in [-0.3, -0.25) is 0 Å². The molecule has 4 nitrogen and oxygen atoms in total. The monoisotopic (exact) mass is 273 g/mol. The van der Waals surface area contributed by atoms with Crippen molar-refractivity contribution in [3.8, 4) is 11.3 Å². The van der Waals surface area contributed by atoms with Crippen molar-refractivity contribution in [2.75, 3.05) is 0 Å². The van der Waals surface area contributed by atoms with Gasteiger partial charge in [-0.2, -0.15) is 5.10 Å². The van der Waals surface area contributed by atoms with Crippen LogP contribution in [-0.2, 0) is 19.3 Å². The first-order chi connectivity index (χ1) is 9.22. The molecule has 0 N–H and O–H groups in total. The zero-order valence-corrected chi connectivity index (χ0v) is 11.8. The summed E-state index contributed by atoms with van der Waals surface area (Å²) in [5.74, 6) is 1.69. The molecule has 19 heavy (non-hydrogen) atoms. The van der Waals surface area contributed by atoms with E-state index >= 15 is 0 Å². The highest BCUT2D eigenvalue weighted by atomic mass is 32.1. The van der Waals surface area contributed by atoms with Crippen molar-refractivity contribution in [2.45, 2.75) is 33.1 Å². The third-order valence-corrected chi connectivity index (χ3v) is 4.44. The van der Waals surface area contributed by atoms with E-state index in [1.165, 1.54) is 10.7 Å². The average molecular weight is 273 g/mol. The number of fused-ring (bicyclic) bond motifs is 5. The molecule has 0 amide bonds. The standard InChI is InChI=1S/C14H15N3OS/c1-8(2)7-12-16-17-10-3-4-11-9(5-6-18-11)13(10)15-14(17)19-12/h5-6,8H,3-4,7H2,1-2H3. The number of aryl methyl sites for hydroxylation is 2. The quantitative estimate of drug-likeness (QED) is 0.719. The molecule has 0 unspecified atom stereocenters. The average Bonchev–Trinajstić information content (AvgIpc) is 2.99. The Labute approximate surface area is 115 Å². The number of furan rings is 1. The fraction of sp³-hybridized carbons (Fsp3) is 0.429. The summed E-state index contributed by atoms with van der Waals surface area (Å²) in [6.07, 6.45) is 4.69. The maximum Gasteiger partial charge on any atom is 0.212 e. The van der Waals surface area contributed by atoms with Crippen molar-refractivity contribution in [1.82, 2.24) is 14.6 Å². The Kier molecular flexibility index (Phi) is 2.33. The molecule has 0 spiro atoms. The van der Waals surface area contributed by atoms with Crippen molar-refractivity contribution >= 4 is 16.3 Å². The smallest absolute Gasteiger partial charge is 0.212 e. The van der Waals surface area contributed by atoms with Crippen LogP contribution in [0.1, 0.15) is 30.3 Å². The maximum atomic E-state index is 5.50. The van der Waals surface area contributed by atoms with Gasteiger partial charge in [-0.25, -0.2) is 9.50 Å². The van der Waals surface area contributed by atoms with E-state index in [0.717, 1.165) is 41.2 Å². The van der Waals surface area contributed by atoms with Gasteiger partial charge in [-0.05, 0) is 18.4 Å². The van der Waals surface area contributed by atoms with E-state index in [1.807, 2.05) is 10.6 Å². The van der Waals surface area contributed by atoms with Crippen molar-refractivity contribution in [3.05, 3.63) is 28.8 Å². The highest BCUT2D eigenvalue weighted by Crippen LogP contribution is 2.35. The lowest BCUT2D eigenvalue weighted by atomic mass is 10.00. The number of nitrogens with zero attached hydrogens (tertiary/aromatic N) is 3. The summed E-state index contributed by atoms with van der Waals surface area (Å²) in [4.78, 5) is 5.76. The van der Waals surface area contributed by atoms with E-state index in [9.17, 15) is 0 Å². The van der Waals surface area contributed by atoms with E-state index in [2.05, 4.69) is 13.8 Å². The number of hydrogen-bond acceptors (Lipinski definition) is 4. The first-order valence-electron chi connectivity index (χ1n) is 6.66. The molecule has 3 heterocycles. The van der Waals surface area contributed by atoms with Crippen LogP contribution in [0.15, 0.2) is 16.7 Å². The highest BCUT2D eigenvalue weighted by Gasteiger charge is 2.25. The molecule has 0 atom stereocenters. The highest BCUT2D eigenvalue weighted by molar-refractivity contribution is 7.16. The van der Waals surface area contributed by atoms with Crippen LogP contribution in [0, 0.1) is 5.92 Å². The summed E-state index contributed by atoms with van der Waals surface area (Å²) >= 11 is 1.71. The number of aromatic nitrogens is 3. The van der Waals surface area contributed by atoms with Crippen molar-refractivity contribution < 1.29 is 4.42 Å². The molecule has 1 aliphatic carbocycles. The number of rotatable bonds is 2. The molecule has 5 heteroatoms. The van der Waals surface area contributed by atoms with Gasteiger partial charge in [0.15, 0.2) is 0 Å². The zero-order chi connectivity index (χ0) is 13.0. The molecular weight excluding hydrogens is 258 g/mol. The van der Waals surface area contributed by atoms with Crippen LogP contribution in [0.5, 0.6) is 0 Å². The molecule has 0 fully saturated rings. The van der Waals surface area contributed by atoms with Crippen LogP contribution in [0.3, 0.4) is 0 Å². The molecule has 0 bridgehead atoms. The maximum absolute atomic E-state index is 5.50. The molecule has 0 radical (unpaired) electrons. The molecule has 0 aliphatic heterocycles. The summed E-state index contributed by atoms with van der Waals surface area (Å²) in [7, 11) is 0. The van der Waals surface area contributed by atoms with Gasteiger partial charge >= 0.3 is 0 Å². The van der Waals surface area contributed by atoms with E-state index in [-0.39, 0.29) is 0 Å². The molecule has 0 saturated carbocycles. The van der Waals surface area contributed by atoms with Crippen LogP contribution < -0.4 is 0 Å². The predicted octanol–water partition coefficient (Wildman–Crippen LogP) is 3.35. The number of hydrogen-bond donors (Lipinski definition) is 0. The molecule has 0 saturated heterocycles. The molecule has 4 rings (SSSR count). The van der Waals surface area contributed by atoms with Gasteiger partial charge in [0, 0.05) is 18.4 Å². The van der Waals surface area contributed by atoms with Crippen LogP contribution in [0.4, 0.5) is 0 Å². The Balaban J connectivity index is 1.86. The van der Waals surface area contributed by atoms with Crippen LogP contribution in [0.25, 0.3) is 16.2 Å². The van der Waals surface area contributed by atoms with Gasteiger partial charge in [0.25, 0.3) is 0 Å². The van der Waals surface area contributed by atoms with E-state index in [0.29, 0.717) is 5.92 Å². The predicted molar refractivity (Wildman–Crippen MR) is 74.5 cm³/mol. The molecule has 98 valence electrons. The van der Waals surface area contributed by atoms with Gasteiger partial charge in [-0.15, -0.1) is 0 Å². The van der Waals surface area contributed by atoms with E-state index < -0.39 is 0 Å². The molecule has 3 aromatic rings. The molecule has 3 aromatic heterocycles. The van der Waals surface area contributed by atoms with Gasteiger partial charge in [0.1, 0.15) is 10.8 Å². The largest absolute Gasteiger partial charge is 0.469 e. The Morgan fingerprint density at radius 3 is 3.16 bits per heavy atom. The molecular formula is C14H15N3OS. The van der Waals surface area contributed by atoms with Crippen molar-refractivity contribution in [3.63, 3.8) is 0 Å². The second-order valence-corrected chi connectivity index (χ2v) is 6.49. The second kappa shape index (κ2) is 3.93. The first kappa shape index (κ1) is 11.2. The zero-order valence-electron chi connectivity index (χ0n) is 11.0. The van der Waals surface area contributed by atoms with Crippen LogP contribution >= 0.6 is 11.3 Å².